The van der Waals surface area contributed by atoms with Crippen LogP contribution in [0.3, 0.4) is 0 Å². The third kappa shape index (κ3) is 2.96. The van der Waals surface area contributed by atoms with Crippen LogP contribution in [0.4, 0.5) is 0 Å². The van der Waals surface area contributed by atoms with E-state index in [1.807, 2.05) is 0 Å². The van der Waals surface area contributed by atoms with Gasteiger partial charge in [-0.2, -0.15) is 0 Å². The Hall–Kier alpha value is -0.960. The zero-order chi connectivity index (χ0) is 9.40. The molecule has 1 aliphatic heterocycles. The monoisotopic (exact) mass is 167 g/mol. The van der Waals surface area contributed by atoms with Gasteiger partial charge in [0.15, 0.2) is 0 Å². The van der Waals surface area contributed by atoms with Gasteiger partial charge in [-0.15, -0.1) is 13.2 Å². The van der Waals surface area contributed by atoms with Crippen molar-refractivity contribution in [3.8, 4) is 0 Å². The SMILES string of the molecule is C=C.C=NC(=NC)C1CCNC1. The first-order valence-electron chi connectivity index (χ1n) is 4.02. The lowest BCUT2D eigenvalue weighted by Crippen LogP contribution is -2.15. The third-order valence-electron chi connectivity index (χ3n) is 1.82. The second-order valence-electron chi connectivity index (χ2n) is 2.43. The number of rotatable bonds is 1. The molecule has 1 atom stereocenters. The Morgan fingerprint density at radius 1 is 1.50 bits per heavy atom. The average Bonchev–Trinajstić information content (AvgIpc) is 2.64. The summed E-state index contributed by atoms with van der Waals surface area (Å²) in [6.45, 7) is 11.6. The number of aliphatic imine (C=N–C) groups is 2. The molecule has 12 heavy (non-hydrogen) atoms. The van der Waals surface area contributed by atoms with Crippen molar-refractivity contribution in [2.45, 2.75) is 6.42 Å². The van der Waals surface area contributed by atoms with Crippen LogP contribution < -0.4 is 5.32 Å². The zero-order valence-corrected chi connectivity index (χ0v) is 7.71. The average molecular weight is 167 g/mol. The summed E-state index contributed by atoms with van der Waals surface area (Å²) >= 11 is 0. The van der Waals surface area contributed by atoms with Gasteiger partial charge in [0.05, 0.1) is 0 Å². The smallest absolute Gasteiger partial charge is 0.126 e. The lowest BCUT2D eigenvalue weighted by molar-refractivity contribution is 0.763. The minimum atomic E-state index is 0.502. The molecule has 1 saturated heterocycles. The Balaban J connectivity index is 0.000000561. The highest BCUT2D eigenvalue weighted by Gasteiger charge is 2.18. The summed E-state index contributed by atoms with van der Waals surface area (Å²) in [4.78, 5) is 7.88. The van der Waals surface area contributed by atoms with Crippen molar-refractivity contribution < 1.29 is 0 Å². The molecule has 1 fully saturated rings. The maximum atomic E-state index is 4.04. The Labute approximate surface area is 74.3 Å². The lowest BCUT2D eigenvalue weighted by atomic mass is 10.1. The third-order valence-corrected chi connectivity index (χ3v) is 1.82. The molecule has 3 nitrogen and oxygen atoms in total. The van der Waals surface area contributed by atoms with Gasteiger partial charge in [0.25, 0.3) is 0 Å². The molecular weight excluding hydrogens is 150 g/mol. The standard InChI is InChI=1S/C7H13N3.C2H4/c1-8-7(9-2)6-3-4-10-5-6;1-2/h6,10H,1,3-5H2,2H3;1-2H2. The number of amidine groups is 1. The number of hydrogen-bond donors (Lipinski definition) is 1. The summed E-state index contributed by atoms with van der Waals surface area (Å²) in [6.07, 6.45) is 1.14. The van der Waals surface area contributed by atoms with Crippen LogP contribution in [-0.4, -0.2) is 32.7 Å². The van der Waals surface area contributed by atoms with E-state index in [1.54, 1.807) is 7.05 Å². The van der Waals surface area contributed by atoms with Crippen molar-refractivity contribution in [3.05, 3.63) is 13.2 Å². The van der Waals surface area contributed by atoms with Gasteiger partial charge in [0.2, 0.25) is 0 Å². The fourth-order valence-electron chi connectivity index (χ4n) is 1.26. The number of nitrogens with zero attached hydrogens (tertiary/aromatic N) is 2. The van der Waals surface area contributed by atoms with Crippen molar-refractivity contribution in [1.29, 1.82) is 0 Å². The predicted molar refractivity (Wildman–Crippen MR) is 55.1 cm³/mol. The van der Waals surface area contributed by atoms with E-state index in [4.69, 9.17) is 0 Å². The highest BCUT2D eigenvalue weighted by atomic mass is 15.0. The normalized spacial score (nSPS) is 22.8. The minimum absolute atomic E-state index is 0.502. The molecular formula is C9H17N3. The molecule has 1 rings (SSSR count). The van der Waals surface area contributed by atoms with Crippen LogP contribution >= 0.6 is 0 Å². The molecule has 68 valence electrons. The van der Waals surface area contributed by atoms with Crippen molar-refractivity contribution in [1.82, 2.24) is 5.32 Å². The van der Waals surface area contributed by atoms with Gasteiger partial charge in [0.1, 0.15) is 5.84 Å². The first kappa shape index (κ1) is 11.0. The van der Waals surface area contributed by atoms with Gasteiger partial charge in [-0.05, 0) is 19.7 Å². The molecule has 0 aromatic rings. The minimum Gasteiger partial charge on any atom is -0.316 e. The summed E-state index contributed by atoms with van der Waals surface area (Å²) in [5.41, 5.74) is 0. The van der Waals surface area contributed by atoms with Crippen LogP contribution in [-0.2, 0) is 0 Å². The second-order valence-corrected chi connectivity index (χ2v) is 2.43. The summed E-state index contributed by atoms with van der Waals surface area (Å²) in [6, 6.07) is 0. The molecule has 1 aliphatic rings. The molecule has 0 spiro atoms. The molecule has 0 amide bonds. The van der Waals surface area contributed by atoms with Gasteiger partial charge in [0, 0.05) is 19.5 Å². The van der Waals surface area contributed by atoms with Crippen molar-refractivity contribution in [3.63, 3.8) is 0 Å². The van der Waals surface area contributed by atoms with Crippen LogP contribution in [0.2, 0.25) is 0 Å². The zero-order valence-electron chi connectivity index (χ0n) is 7.71. The van der Waals surface area contributed by atoms with Gasteiger partial charge in [-0.1, -0.05) is 0 Å². The summed E-state index contributed by atoms with van der Waals surface area (Å²) in [7, 11) is 1.77. The first-order chi connectivity index (χ1) is 5.88. The van der Waals surface area contributed by atoms with E-state index in [0.717, 1.165) is 25.3 Å². The van der Waals surface area contributed by atoms with Crippen molar-refractivity contribution >= 4 is 12.6 Å². The molecule has 1 unspecified atom stereocenters. The van der Waals surface area contributed by atoms with Gasteiger partial charge in [-0.3, -0.25) is 4.99 Å². The lowest BCUT2D eigenvalue weighted by Gasteiger charge is -2.04. The molecule has 3 heteroatoms. The topological polar surface area (TPSA) is 36.8 Å². The van der Waals surface area contributed by atoms with Crippen molar-refractivity contribution in [2.75, 3.05) is 20.1 Å². The molecule has 0 radical (unpaired) electrons. The highest BCUT2D eigenvalue weighted by molar-refractivity contribution is 5.88. The Bertz CT molecular complexity index is 157. The van der Waals surface area contributed by atoms with E-state index in [0.29, 0.717) is 5.92 Å². The van der Waals surface area contributed by atoms with Crippen LogP contribution in [0.5, 0.6) is 0 Å². The molecule has 1 N–H and O–H groups in total. The van der Waals surface area contributed by atoms with E-state index in [-0.39, 0.29) is 0 Å². The highest BCUT2D eigenvalue weighted by Crippen LogP contribution is 2.09. The number of hydrogen-bond acceptors (Lipinski definition) is 2. The Morgan fingerprint density at radius 2 is 2.17 bits per heavy atom. The van der Waals surface area contributed by atoms with Crippen LogP contribution in [0, 0.1) is 5.92 Å². The van der Waals surface area contributed by atoms with E-state index in [1.165, 1.54) is 0 Å². The van der Waals surface area contributed by atoms with Crippen molar-refractivity contribution in [2.24, 2.45) is 15.9 Å². The summed E-state index contributed by atoms with van der Waals surface area (Å²) in [5, 5.41) is 3.25. The van der Waals surface area contributed by atoms with E-state index in [9.17, 15) is 0 Å². The maximum Gasteiger partial charge on any atom is 0.126 e. The van der Waals surface area contributed by atoms with Gasteiger partial charge < -0.3 is 5.32 Å². The summed E-state index contributed by atoms with van der Waals surface area (Å²) in [5.74, 6) is 1.40. The fraction of sp³-hybridized carbons (Fsp3) is 0.556. The largest absolute Gasteiger partial charge is 0.316 e. The number of nitrogens with one attached hydrogen (secondary N) is 1. The van der Waals surface area contributed by atoms with Gasteiger partial charge >= 0.3 is 0 Å². The summed E-state index contributed by atoms with van der Waals surface area (Å²) < 4.78 is 0. The van der Waals surface area contributed by atoms with Gasteiger partial charge in [-0.25, -0.2) is 4.99 Å². The first-order valence-corrected chi connectivity index (χ1v) is 4.02. The maximum absolute atomic E-state index is 4.04. The quantitative estimate of drug-likeness (QED) is 0.355. The molecule has 0 aromatic heterocycles. The van der Waals surface area contributed by atoms with Crippen LogP contribution in [0.1, 0.15) is 6.42 Å². The second kappa shape index (κ2) is 6.73. The predicted octanol–water partition coefficient (Wildman–Crippen LogP) is 1.13. The Morgan fingerprint density at radius 3 is 2.50 bits per heavy atom. The molecule has 1 heterocycles. The van der Waals surface area contributed by atoms with Crippen LogP contribution in [0.15, 0.2) is 23.1 Å². The molecule has 0 saturated carbocycles. The molecule has 0 bridgehead atoms. The van der Waals surface area contributed by atoms with E-state index >= 15 is 0 Å². The van der Waals surface area contributed by atoms with E-state index < -0.39 is 0 Å². The van der Waals surface area contributed by atoms with E-state index in [2.05, 4.69) is 35.2 Å². The van der Waals surface area contributed by atoms with Crippen LogP contribution in [0.25, 0.3) is 0 Å². The molecule has 0 aromatic carbocycles. The molecule has 0 aliphatic carbocycles. The Kier molecular flexibility index (Phi) is 6.19. The fourth-order valence-corrected chi connectivity index (χ4v) is 1.26.